The van der Waals surface area contributed by atoms with Gasteiger partial charge in [-0.2, -0.15) is 4.31 Å². The number of carbonyl (C=O) groups excluding carboxylic acids is 1. The molecule has 6 heteroatoms. The molecule has 0 aromatic heterocycles. The van der Waals surface area contributed by atoms with E-state index in [2.05, 4.69) is 20.8 Å². The fourth-order valence-corrected chi connectivity index (χ4v) is 5.84. The second kappa shape index (κ2) is 9.17. The van der Waals surface area contributed by atoms with Crippen molar-refractivity contribution < 1.29 is 13.2 Å². The first kappa shape index (κ1) is 22.3. The Morgan fingerprint density at radius 1 is 0.966 bits per heavy atom. The highest BCUT2D eigenvalue weighted by molar-refractivity contribution is 7.89. The Balaban J connectivity index is 1.53. The Morgan fingerprint density at radius 2 is 1.55 bits per heavy atom. The van der Waals surface area contributed by atoms with E-state index in [1.54, 1.807) is 12.1 Å². The van der Waals surface area contributed by atoms with Gasteiger partial charge in [0.25, 0.3) is 0 Å². The van der Waals surface area contributed by atoms with Gasteiger partial charge in [-0.15, -0.1) is 0 Å². The van der Waals surface area contributed by atoms with Crippen LogP contribution in [0.3, 0.4) is 0 Å². The summed E-state index contributed by atoms with van der Waals surface area (Å²) < 4.78 is 27.5. The smallest absolute Gasteiger partial charge is 0.243 e. The lowest BCUT2D eigenvalue weighted by atomic mass is 9.86. The van der Waals surface area contributed by atoms with Crippen LogP contribution in [0.25, 0.3) is 0 Å². The highest BCUT2D eigenvalue weighted by Gasteiger charge is 2.30. The molecule has 29 heavy (non-hydrogen) atoms. The second-order valence-electron chi connectivity index (χ2n) is 9.60. The van der Waals surface area contributed by atoms with Gasteiger partial charge in [-0.25, -0.2) is 8.42 Å². The molecule has 1 amide bonds. The molecule has 2 fully saturated rings. The maximum atomic E-state index is 13.0. The molecule has 1 aromatic carbocycles. The first-order chi connectivity index (χ1) is 13.7. The van der Waals surface area contributed by atoms with Crippen molar-refractivity contribution in [1.29, 1.82) is 0 Å². The lowest BCUT2D eigenvalue weighted by Crippen LogP contribution is -2.50. The average molecular weight is 421 g/mol. The quantitative estimate of drug-likeness (QED) is 0.718. The van der Waals surface area contributed by atoms with E-state index in [1.165, 1.54) is 36.4 Å². The van der Waals surface area contributed by atoms with Crippen molar-refractivity contribution in [3.8, 4) is 0 Å². The number of carbonyl (C=O) groups is 1. The summed E-state index contributed by atoms with van der Waals surface area (Å²) in [5.41, 5.74) is 1.11. The third kappa shape index (κ3) is 5.60. The van der Waals surface area contributed by atoms with Crippen LogP contribution in [0.1, 0.15) is 71.3 Å². The summed E-state index contributed by atoms with van der Waals surface area (Å²) in [6, 6.07) is 7.21. The van der Waals surface area contributed by atoms with Crippen LogP contribution in [0.5, 0.6) is 0 Å². The summed E-state index contributed by atoms with van der Waals surface area (Å²) in [6.45, 7) is 8.06. The van der Waals surface area contributed by atoms with E-state index < -0.39 is 10.0 Å². The largest absolute Gasteiger partial charge is 0.340 e. The maximum Gasteiger partial charge on any atom is 0.243 e. The van der Waals surface area contributed by atoms with Crippen LogP contribution in [0.15, 0.2) is 29.2 Å². The topological polar surface area (TPSA) is 57.7 Å². The van der Waals surface area contributed by atoms with Crippen molar-refractivity contribution in [3.05, 3.63) is 29.8 Å². The fraction of sp³-hybridized carbons (Fsp3) is 0.696. The molecular formula is C23H36N2O3S. The van der Waals surface area contributed by atoms with Crippen molar-refractivity contribution >= 4 is 15.9 Å². The molecule has 0 N–H and O–H groups in total. The van der Waals surface area contributed by atoms with Gasteiger partial charge in [-0.1, -0.05) is 65.0 Å². The van der Waals surface area contributed by atoms with E-state index in [1.807, 2.05) is 17.0 Å². The highest BCUT2D eigenvalue weighted by Crippen LogP contribution is 2.28. The number of hydrogen-bond donors (Lipinski definition) is 0. The predicted molar refractivity (Wildman–Crippen MR) is 116 cm³/mol. The normalized spacial score (nSPS) is 20.0. The lowest BCUT2D eigenvalue weighted by Gasteiger charge is -2.34. The van der Waals surface area contributed by atoms with E-state index in [9.17, 15) is 13.2 Å². The van der Waals surface area contributed by atoms with Gasteiger partial charge in [0.2, 0.25) is 15.9 Å². The first-order valence-electron chi connectivity index (χ1n) is 11.1. The second-order valence-corrected chi connectivity index (χ2v) is 11.5. The van der Waals surface area contributed by atoms with Crippen molar-refractivity contribution in [2.45, 2.75) is 76.0 Å². The van der Waals surface area contributed by atoms with Crippen LogP contribution < -0.4 is 0 Å². The van der Waals surface area contributed by atoms with E-state index in [-0.39, 0.29) is 11.3 Å². The summed E-state index contributed by atoms with van der Waals surface area (Å²) in [5, 5.41) is 0. The van der Waals surface area contributed by atoms with Crippen LogP contribution in [0, 0.1) is 5.92 Å². The minimum absolute atomic E-state index is 0.00803. The molecule has 162 valence electrons. The Labute approximate surface area is 176 Å². The number of hydrogen-bond acceptors (Lipinski definition) is 3. The molecule has 5 nitrogen and oxygen atoms in total. The number of benzene rings is 1. The van der Waals surface area contributed by atoms with Crippen LogP contribution in [-0.4, -0.2) is 49.7 Å². The lowest BCUT2D eigenvalue weighted by molar-refractivity contribution is -0.132. The van der Waals surface area contributed by atoms with Gasteiger partial charge in [0.1, 0.15) is 0 Å². The minimum atomic E-state index is -3.51. The van der Waals surface area contributed by atoms with Crippen LogP contribution in [0.2, 0.25) is 0 Å². The molecule has 1 saturated carbocycles. The Morgan fingerprint density at radius 3 is 2.10 bits per heavy atom. The summed E-state index contributed by atoms with van der Waals surface area (Å²) in [5.74, 6) is 0.882. The van der Waals surface area contributed by atoms with Gasteiger partial charge in [-0.05, 0) is 35.4 Å². The van der Waals surface area contributed by atoms with Crippen molar-refractivity contribution in [3.63, 3.8) is 0 Å². The molecule has 1 heterocycles. The molecule has 0 spiro atoms. The van der Waals surface area contributed by atoms with Crippen LogP contribution in [-0.2, 0) is 20.2 Å². The molecule has 0 radical (unpaired) electrons. The van der Waals surface area contributed by atoms with E-state index in [0.717, 1.165) is 12.0 Å². The van der Waals surface area contributed by atoms with Gasteiger partial charge in [0.05, 0.1) is 4.90 Å². The van der Waals surface area contributed by atoms with Gasteiger partial charge in [-0.3, -0.25) is 4.79 Å². The molecule has 0 bridgehead atoms. The molecular weight excluding hydrogens is 384 g/mol. The number of piperazine rings is 1. The summed E-state index contributed by atoms with van der Waals surface area (Å²) in [7, 11) is -3.51. The maximum absolute atomic E-state index is 13.0. The van der Waals surface area contributed by atoms with E-state index in [0.29, 0.717) is 43.4 Å². The number of nitrogens with zero attached hydrogens (tertiary/aromatic N) is 2. The molecule has 1 aromatic rings. The standard InChI is InChI=1S/C23H36N2O3S/c1-23(2,3)20-10-12-21(13-11-20)29(27,28)25-17-15-24(16-18-25)22(26)14-9-19-7-5-4-6-8-19/h10-13,19H,4-9,14-18H2,1-3H3. The van der Waals surface area contributed by atoms with Gasteiger partial charge >= 0.3 is 0 Å². The zero-order valence-electron chi connectivity index (χ0n) is 18.2. The van der Waals surface area contributed by atoms with Crippen molar-refractivity contribution in [2.75, 3.05) is 26.2 Å². The number of amides is 1. The molecule has 0 atom stereocenters. The van der Waals surface area contributed by atoms with Crippen LogP contribution in [0.4, 0.5) is 0 Å². The molecule has 2 aliphatic rings. The van der Waals surface area contributed by atoms with Gasteiger partial charge in [0, 0.05) is 32.6 Å². The third-order valence-corrected chi connectivity index (χ3v) is 8.35. The summed E-state index contributed by atoms with van der Waals surface area (Å²) in [6.07, 6.45) is 8.03. The SMILES string of the molecule is CC(C)(C)c1ccc(S(=O)(=O)N2CCN(C(=O)CCC3CCCCC3)CC2)cc1. The van der Waals surface area contributed by atoms with E-state index >= 15 is 0 Å². The molecule has 1 saturated heterocycles. The average Bonchev–Trinajstić information content (AvgIpc) is 2.72. The predicted octanol–water partition coefficient (Wildman–Crippen LogP) is 4.18. The summed E-state index contributed by atoms with van der Waals surface area (Å²) >= 11 is 0. The Kier molecular flexibility index (Phi) is 7.05. The Hall–Kier alpha value is -1.40. The number of sulfonamides is 1. The molecule has 3 rings (SSSR count). The van der Waals surface area contributed by atoms with Crippen LogP contribution >= 0.6 is 0 Å². The van der Waals surface area contributed by atoms with Crippen molar-refractivity contribution in [2.24, 2.45) is 5.92 Å². The monoisotopic (exact) mass is 420 g/mol. The Bertz CT molecular complexity index is 782. The fourth-order valence-electron chi connectivity index (χ4n) is 4.42. The zero-order valence-corrected chi connectivity index (χ0v) is 19.0. The molecule has 1 aliphatic carbocycles. The van der Waals surface area contributed by atoms with Gasteiger partial charge in [0.15, 0.2) is 0 Å². The third-order valence-electron chi connectivity index (χ3n) is 6.44. The van der Waals surface area contributed by atoms with Crippen molar-refractivity contribution in [1.82, 2.24) is 9.21 Å². The molecule has 1 aliphatic heterocycles. The zero-order chi connectivity index (χ0) is 21.1. The first-order valence-corrected chi connectivity index (χ1v) is 12.5. The summed E-state index contributed by atoms with van der Waals surface area (Å²) in [4.78, 5) is 14.7. The van der Waals surface area contributed by atoms with E-state index in [4.69, 9.17) is 0 Å². The molecule has 0 unspecified atom stereocenters. The number of rotatable bonds is 5. The highest BCUT2D eigenvalue weighted by atomic mass is 32.2. The van der Waals surface area contributed by atoms with Gasteiger partial charge < -0.3 is 4.90 Å². The minimum Gasteiger partial charge on any atom is -0.340 e.